The Kier molecular flexibility index (Phi) is 3.64. The van der Waals surface area contributed by atoms with E-state index in [0.29, 0.717) is 6.54 Å². The first-order valence-corrected chi connectivity index (χ1v) is 6.54. The van der Waals surface area contributed by atoms with Crippen LogP contribution in [0.4, 0.5) is 5.69 Å². The van der Waals surface area contributed by atoms with Gasteiger partial charge in [-0.3, -0.25) is 0 Å². The summed E-state index contributed by atoms with van der Waals surface area (Å²) in [6.07, 6.45) is 0. The molecule has 1 aliphatic heterocycles. The Morgan fingerprint density at radius 1 is 1.17 bits per heavy atom. The lowest BCUT2D eigenvalue weighted by atomic mass is 9.85. The van der Waals surface area contributed by atoms with Gasteiger partial charge in [0.2, 0.25) is 0 Å². The number of nitrogens with zero attached hydrogens (tertiary/aromatic N) is 1. The number of ether oxygens (including phenoxy) is 1. The molecule has 0 bridgehead atoms. The number of hydrogen-bond donors (Lipinski definition) is 1. The van der Waals surface area contributed by atoms with Gasteiger partial charge in [-0.25, -0.2) is 0 Å². The van der Waals surface area contributed by atoms with Crippen LogP contribution in [-0.4, -0.2) is 33.4 Å². The van der Waals surface area contributed by atoms with Crippen LogP contribution in [0.25, 0.3) is 0 Å². The van der Waals surface area contributed by atoms with Gasteiger partial charge in [0.05, 0.1) is 13.2 Å². The first-order chi connectivity index (χ1) is 8.47. The Hall–Kier alpha value is -1.06. The highest BCUT2D eigenvalue weighted by Crippen LogP contribution is 2.30. The summed E-state index contributed by atoms with van der Waals surface area (Å²) in [7, 11) is 2.15. The summed E-state index contributed by atoms with van der Waals surface area (Å²) in [5.41, 5.74) is 11.4. The lowest BCUT2D eigenvalue weighted by Gasteiger charge is -2.43. The van der Waals surface area contributed by atoms with Crippen molar-refractivity contribution in [2.24, 2.45) is 11.1 Å². The van der Waals surface area contributed by atoms with Crippen LogP contribution >= 0.6 is 0 Å². The molecule has 0 radical (unpaired) electrons. The van der Waals surface area contributed by atoms with Gasteiger partial charge in [-0.2, -0.15) is 0 Å². The Morgan fingerprint density at radius 3 is 2.28 bits per heavy atom. The van der Waals surface area contributed by atoms with Crippen molar-refractivity contribution in [3.05, 3.63) is 28.8 Å². The van der Waals surface area contributed by atoms with Crippen LogP contribution in [0.5, 0.6) is 0 Å². The van der Waals surface area contributed by atoms with Gasteiger partial charge in [0.25, 0.3) is 0 Å². The summed E-state index contributed by atoms with van der Waals surface area (Å²) in [6, 6.07) is 4.53. The van der Waals surface area contributed by atoms with E-state index in [-0.39, 0.29) is 5.41 Å². The second-order valence-electron chi connectivity index (χ2n) is 5.78. The highest BCUT2D eigenvalue weighted by molar-refractivity contribution is 5.56. The Bertz CT molecular complexity index is 433. The van der Waals surface area contributed by atoms with Crippen molar-refractivity contribution in [2.75, 3.05) is 38.3 Å². The fraction of sp³-hybridized carbons (Fsp3) is 0.600. The second kappa shape index (κ2) is 4.90. The van der Waals surface area contributed by atoms with Crippen LogP contribution in [0.15, 0.2) is 12.1 Å². The van der Waals surface area contributed by atoms with Crippen molar-refractivity contribution < 1.29 is 4.74 Å². The van der Waals surface area contributed by atoms with Gasteiger partial charge in [-0.1, -0.05) is 6.07 Å². The molecule has 2 N–H and O–H groups in total. The molecule has 1 aliphatic rings. The van der Waals surface area contributed by atoms with Crippen molar-refractivity contribution in [3.63, 3.8) is 0 Å². The number of anilines is 1. The Morgan fingerprint density at radius 2 is 1.78 bits per heavy atom. The Labute approximate surface area is 110 Å². The zero-order valence-corrected chi connectivity index (χ0v) is 11.9. The minimum absolute atomic E-state index is 0.153. The van der Waals surface area contributed by atoms with Crippen LogP contribution in [-0.2, 0) is 4.74 Å². The minimum atomic E-state index is 0.153. The molecule has 100 valence electrons. The molecule has 0 aliphatic carbocycles. The lowest BCUT2D eigenvalue weighted by molar-refractivity contribution is -0.101. The third kappa shape index (κ3) is 2.38. The molecule has 0 saturated carbocycles. The number of benzene rings is 1. The van der Waals surface area contributed by atoms with E-state index >= 15 is 0 Å². The van der Waals surface area contributed by atoms with Crippen molar-refractivity contribution in [2.45, 2.75) is 20.8 Å². The Balaban J connectivity index is 2.18. The normalized spacial score (nSPS) is 17.4. The maximum Gasteiger partial charge on any atom is 0.0574 e. The summed E-state index contributed by atoms with van der Waals surface area (Å²) < 4.78 is 5.33. The minimum Gasteiger partial charge on any atom is -0.380 e. The third-order valence-corrected chi connectivity index (χ3v) is 4.05. The first kappa shape index (κ1) is 13.4. The molecule has 18 heavy (non-hydrogen) atoms. The van der Waals surface area contributed by atoms with Crippen molar-refractivity contribution in [1.82, 2.24) is 0 Å². The molecule has 1 fully saturated rings. The van der Waals surface area contributed by atoms with Crippen LogP contribution in [0.3, 0.4) is 0 Å². The summed E-state index contributed by atoms with van der Waals surface area (Å²) in [5, 5.41) is 0. The highest BCUT2D eigenvalue weighted by atomic mass is 16.5. The molecule has 1 heterocycles. The molecule has 0 aromatic heterocycles. The lowest BCUT2D eigenvalue weighted by Crippen LogP contribution is -2.54. The van der Waals surface area contributed by atoms with E-state index in [0.717, 1.165) is 19.8 Å². The average molecular weight is 248 g/mol. The largest absolute Gasteiger partial charge is 0.380 e. The number of hydrogen-bond acceptors (Lipinski definition) is 3. The topological polar surface area (TPSA) is 38.5 Å². The SMILES string of the molecule is Cc1cc(C)c(N(C)CC2(CN)COC2)cc1C. The maximum absolute atomic E-state index is 5.88. The van der Waals surface area contributed by atoms with Crippen LogP contribution < -0.4 is 10.6 Å². The molecule has 2 rings (SSSR count). The summed E-state index contributed by atoms with van der Waals surface area (Å²) in [4.78, 5) is 2.32. The summed E-state index contributed by atoms with van der Waals surface area (Å²) in [6.45, 7) is 9.73. The summed E-state index contributed by atoms with van der Waals surface area (Å²) >= 11 is 0. The van der Waals surface area contributed by atoms with Crippen molar-refractivity contribution in [3.8, 4) is 0 Å². The predicted octanol–water partition coefficient (Wildman–Crippen LogP) is 2.02. The number of rotatable bonds is 4. The molecule has 1 aromatic carbocycles. The monoisotopic (exact) mass is 248 g/mol. The summed E-state index contributed by atoms with van der Waals surface area (Å²) in [5.74, 6) is 0. The number of nitrogens with two attached hydrogens (primary N) is 1. The van der Waals surface area contributed by atoms with Crippen molar-refractivity contribution >= 4 is 5.69 Å². The molecule has 3 nitrogen and oxygen atoms in total. The predicted molar refractivity (Wildman–Crippen MR) is 76.2 cm³/mol. The first-order valence-electron chi connectivity index (χ1n) is 6.54. The van der Waals surface area contributed by atoms with Gasteiger partial charge in [0.1, 0.15) is 0 Å². The molecule has 0 unspecified atom stereocenters. The van der Waals surface area contributed by atoms with Crippen LogP contribution in [0.2, 0.25) is 0 Å². The van der Waals surface area contributed by atoms with E-state index in [4.69, 9.17) is 10.5 Å². The fourth-order valence-corrected chi connectivity index (χ4v) is 2.61. The molecule has 1 saturated heterocycles. The molecule has 0 spiro atoms. The second-order valence-corrected chi connectivity index (χ2v) is 5.78. The van der Waals surface area contributed by atoms with E-state index in [1.807, 2.05) is 0 Å². The van der Waals surface area contributed by atoms with Gasteiger partial charge >= 0.3 is 0 Å². The maximum atomic E-state index is 5.88. The molecule has 0 atom stereocenters. The van der Waals surface area contributed by atoms with E-state index < -0.39 is 0 Å². The van der Waals surface area contributed by atoms with Gasteiger partial charge in [0.15, 0.2) is 0 Å². The van der Waals surface area contributed by atoms with Crippen molar-refractivity contribution in [1.29, 1.82) is 0 Å². The van der Waals surface area contributed by atoms with Gasteiger partial charge in [-0.05, 0) is 43.5 Å². The van der Waals surface area contributed by atoms with E-state index in [1.54, 1.807) is 0 Å². The highest BCUT2D eigenvalue weighted by Gasteiger charge is 2.38. The van der Waals surface area contributed by atoms with Gasteiger partial charge < -0.3 is 15.4 Å². The zero-order valence-electron chi connectivity index (χ0n) is 11.9. The van der Waals surface area contributed by atoms with Crippen LogP contribution in [0, 0.1) is 26.2 Å². The van der Waals surface area contributed by atoms with Gasteiger partial charge in [-0.15, -0.1) is 0 Å². The smallest absolute Gasteiger partial charge is 0.0574 e. The van der Waals surface area contributed by atoms with E-state index in [2.05, 4.69) is 44.9 Å². The number of aryl methyl sites for hydroxylation is 3. The zero-order chi connectivity index (χ0) is 13.3. The fourth-order valence-electron chi connectivity index (χ4n) is 2.61. The quantitative estimate of drug-likeness (QED) is 0.886. The molecule has 0 amide bonds. The molecular weight excluding hydrogens is 224 g/mol. The molecule has 1 aromatic rings. The third-order valence-electron chi connectivity index (χ3n) is 4.05. The standard InChI is InChI=1S/C15H24N2O/c1-11-5-13(3)14(6-12(11)2)17(4)8-15(7-16)9-18-10-15/h5-6H,7-10,16H2,1-4H3. The average Bonchev–Trinajstić information content (AvgIpc) is 2.28. The van der Waals surface area contributed by atoms with E-state index in [9.17, 15) is 0 Å². The van der Waals surface area contributed by atoms with E-state index in [1.165, 1.54) is 22.4 Å². The molecular formula is C15H24N2O. The van der Waals surface area contributed by atoms with Gasteiger partial charge in [0, 0.05) is 31.2 Å². The molecule has 3 heteroatoms. The van der Waals surface area contributed by atoms with Crippen LogP contribution in [0.1, 0.15) is 16.7 Å².